The van der Waals surface area contributed by atoms with E-state index in [2.05, 4.69) is 72.2 Å². The van der Waals surface area contributed by atoms with Crippen molar-refractivity contribution in [1.82, 2.24) is 4.48 Å². The summed E-state index contributed by atoms with van der Waals surface area (Å²) >= 11 is 3.21. The van der Waals surface area contributed by atoms with Crippen LogP contribution in [0.25, 0.3) is 37.8 Å². The number of thioether (sulfide) groups is 1. The van der Waals surface area contributed by atoms with E-state index in [0.717, 1.165) is 58.0 Å². The zero-order chi connectivity index (χ0) is 37.1. The van der Waals surface area contributed by atoms with Gasteiger partial charge >= 0.3 is 15.1 Å². The molecule has 0 radical (unpaired) electrons. The minimum absolute atomic E-state index is 0.0332. The fourth-order valence-corrected chi connectivity index (χ4v) is 14.1. The van der Waals surface area contributed by atoms with E-state index in [4.69, 9.17) is 0 Å². The zero-order valence-corrected chi connectivity index (χ0v) is 33.2. The van der Waals surface area contributed by atoms with Gasteiger partial charge in [0.1, 0.15) is 17.7 Å². The lowest BCUT2D eigenvalue weighted by Gasteiger charge is -2.62. The molecular formula is C39H46N3O6S4+3. The van der Waals surface area contributed by atoms with Gasteiger partial charge in [-0.1, -0.05) is 66.8 Å². The van der Waals surface area contributed by atoms with Crippen LogP contribution >= 0.6 is 23.1 Å². The number of quaternary nitrogens is 2. The predicted octanol–water partition coefficient (Wildman–Crippen LogP) is 8.34. The molecule has 2 atom stereocenters. The van der Waals surface area contributed by atoms with Gasteiger partial charge in [0.15, 0.2) is 17.3 Å². The third-order valence-electron chi connectivity index (χ3n) is 11.6. The molecule has 52 heavy (non-hydrogen) atoms. The lowest BCUT2D eigenvalue weighted by atomic mass is 9.94. The molecule has 0 bridgehead atoms. The SMILES string of the molecule is CCC(=Cc1sc2ccc3ccccc3c2[n+]1CCCS(=O)(=O)O)C=C1Sc2ccc3ccccc3c2[N+]12CCC2([N+](CC)(CC)CC)S(=O)(=O)O. The second-order valence-electron chi connectivity index (χ2n) is 13.8. The van der Waals surface area contributed by atoms with Gasteiger partial charge < -0.3 is 0 Å². The van der Waals surface area contributed by atoms with Crippen molar-refractivity contribution in [3.05, 3.63) is 94.5 Å². The van der Waals surface area contributed by atoms with Gasteiger partial charge in [-0.05, 0) is 79.6 Å². The Morgan fingerprint density at radius 1 is 0.885 bits per heavy atom. The number of aryl methyl sites for hydroxylation is 1. The smallest absolute Gasteiger partial charge is 0.286 e. The van der Waals surface area contributed by atoms with E-state index in [1.165, 1.54) is 0 Å². The average molecular weight is 781 g/mol. The summed E-state index contributed by atoms with van der Waals surface area (Å²) in [6, 6.07) is 24.6. The van der Waals surface area contributed by atoms with Crippen molar-refractivity contribution in [2.24, 2.45) is 0 Å². The van der Waals surface area contributed by atoms with Crippen molar-refractivity contribution in [2.45, 2.75) is 63.4 Å². The largest absolute Gasteiger partial charge is 0.378 e. The number of hydrogen-bond acceptors (Lipinski definition) is 6. The summed E-state index contributed by atoms with van der Waals surface area (Å²) < 4.78 is 76.4. The van der Waals surface area contributed by atoms with Gasteiger partial charge in [0.25, 0.3) is 15.1 Å². The van der Waals surface area contributed by atoms with Crippen LogP contribution in [0, 0.1) is 0 Å². The Labute approximate surface area is 314 Å². The number of aromatic nitrogens is 1. The van der Waals surface area contributed by atoms with Gasteiger partial charge in [-0.15, -0.1) is 0 Å². The topological polar surface area (TPSA) is 113 Å². The van der Waals surface area contributed by atoms with E-state index < -0.39 is 25.2 Å². The first-order chi connectivity index (χ1) is 24.8. The molecule has 0 saturated carbocycles. The molecule has 7 rings (SSSR count). The van der Waals surface area contributed by atoms with Crippen molar-refractivity contribution >= 4 is 86.9 Å². The monoisotopic (exact) mass is 780 g/mol. The quantitative estimate of drug-likeness (QED) is 0.0744. The summed E-state index contributed by atoms with van der Waals surface area (Å²) in [6.45, 7) is 10.7. The Hall–Kier alpha value is -3.14. The van der Waals surface area contributed by atoms with Gasteiger partial charge in [-0.2, -0.15) is 25.9 Å². The highest BCUT2D eigenvalue weighted by molar-refractivity contribution is 8.03. The van der Waals surface area contributed by atoms with Gasteiger partial charge in [-0.25, -0.2) is 0 Å². The molecule has 5 aromatic rings. The molecule has 2 unspecified atom stereocenters. The van der Waals surface area contributed by atoms with Crippen molar-refractivity contribution in [2.75, 3.05) is 31.9 Å². The molecule has 274 valence electrons. The summed E-state index contributed by atoms with van der Waals surface area (Å²) in [5.74, 6) is -0.344. The Morgan fingerprint density at radius 3 is 2.12 bits per heavy atom. The molecule has 13 heteroatoms. The van der Waals surface area contributed by atoms with Gasteiger partial charge in [0.05, 0.1) is 35.7 Å². The normalized spacial score (nSPS) is 21.8. The van der Waals surface area contributed by atoms with E-state index in [1.54, 1.807) is 23.1 Å². The van der Waals surface area contributed by atoms with Crippen LogP contribution in [0.15, 0.2) is 94.4 Å². The van der Waals surface area contributed by atoms with Crippen molar-refractivity contribution in [3.8, 4) is 0 Å². The molecule has 1 aromatic heterocycles. The first-order valence-corrected chi connectivity index (χ1v) is 22.6. The Morgan fingerprint density at radius 2 is 1.52 bits per heavy atom. The maximum Gasteiger partial charge on any atom is 0.378 e. The van der Waals surface area contributed by atoms with E-state index in [9.17, 15) is 25.9 Å². The molecule has 0 aliphatic carbocycles. The van der Waals surface area contributed by atoms with Crippen LogP contribution in [0.3, 0.4) is 0 Å². The molecule has 1 fully saturated rings. The average Bonchev–Trinajstić information content (AvgIpc) is 3.65. The fraction of sp³-hybridized carbons (Fsp3) is 0.359. The standard InChI is InChI=1S/C39H44N3O6S4/c1-5-28(26-35-40(23-13-25-51(43,44)45)37-31-16-11-9-14-29(31)18-20-33(37)49-35)27-36-42(38-32-17-12-10-15-30(32)19-21-34(38)50-36)24-22-39(42,52(46,47)48)41(6-2,7-3)8-4/h9-12,14-21,26-27H,5-8,13,22-25H2,1-4H3/q+1/p+2. The lowest BCUT2D eigenvalue weighted by molar-refractivity contribution is -0.973. The number of nitrogens with zero attached hydrogens (tertiary/aromatic N) is 3. The van der Waals surface area contributed by atoms with E-state index >= 15 is 0 Å². The Balaban J connectivity index is 1.48. The van der Waals surface area contributed by atoms with Gasteiger partial charge in [0.2, 0.25) is 5.52 Å². The van der Waals surface area contributed by atoms with Crippen molar-refractivity contribution in [3.63, 3.8) is 0 Å². The zero-order valence-electron chi connectivity index (χ0n) is 29.9. The summed E-state index contributed by atoms with van der Waals surface area (Å²) in [4.78, 5) is -0.548. The van der Waals surface area contributed by atoms with Crippen LogP contribution < -0.4 is 9.05 Å². The molecule has 2 N–H and O–H groups in total. The molecule has 3 heterocycles. The van der Waals surface area contributed by atoms with Gasteiger partial charge in [-0.3, -0.25) is 13.6 Å². The Bertz CT molecular complexity index is 2500. The first-order valence-electron chi connectivity index (χ1n) is 17.9. The molecule has 0 amide bonds. The van der Waals surface area contributed by atoms with E-state index in [0.29, 0.717) is 45.6 Å². The molecule has 2 aliphatic rings. The minimum Gasteiger partial charge on any atom is -0.286 e. The summed E-state index contributed by atoms with van der Waals surface area (Å²) in [5.41, 5.74) is 2.92. The molecule has 4 aromatic carbocycles. The maximum atomic E-state index is 14.2. The highest BCUT2D eigenvalue weighted by atomic mass is 32.2. The number of rotatable bonds is 12. The minimum atomic E-state index is -4.63. The van der Waals surface area contributed by atoms with Crippen LogP contribution in [0.4, 0.5) is 5.69 Å². The van der Waals surface area contributed by atoms with Crippen LogP contribution in [-0.4, -0.2) is 67.4 Å². The number of thiazole rings is 1. The second-order valence-corrected chi connectivity index (χ2v) is 19.1. The van der Waals surface area contributed by atoms with Crippen LogP contribution in [0.1, 0.15) is 52.0 Å². The number of allylic oxidation sites excluding steroid dienone is 2. The maximum absolute atomic E-state index is 14.2. The lowest BCUT2D eigenvalue weighted by Crippen LogP contribution is -2.88. The number of hydrogen-bond donors (Lipinski definition) is 2. The first kappa shape index (κ1) is 37.2. The fourth-order valence-electron chi connectivity index (χ4n) is 9.00. The van der Waals surface area contributed by atoms with Gasteiger partial charge in [0, 0.05) is 24.0 Å². The molecule has 1 saturated heterocycles. The summed E-state index contributed by atoms with van der Waals surface area (Å²) in [7, 11) is -8.76. The number of fused-ring (bicyclic) bond motifs is 7. The second kappa shape index (κ2) is 13.6. The molecule has 2 aliphatic heterocycles. The highest BCUT2D eigenvalue weighted by Crippen LogP contribution is 2.66. The highest BCUT2D eigenvalue weighted by Gasteiger charge is 2.82. The third kappa shape index (κ3) is 5.58. The third-order valence-corrected chi connectivity index (χ3v) is 16.4. The predicted molar refractivity (Wildman–Crippen MR) is 214 cm³/mol. The van der Waals surface area contributed by atoms with Crippen molar-refractivity contribution in [1.29, 1.82) is 0 Å². The molecular weight excluding hydrogens is 735 g/mol. The Kier molecular flexibility index (Phi) is 9.74. The van der Waals surface area contributed by atoms with E-state index in [1.807, 2.05) is 45.0 Å². The van der Waals surface area contributed by atoms with Crippen LogP contribution in [0.2, 0.25) is 0 Å². The summed E-state index contributed by atoms with van der Waals surface area (Å²) in [5, 5.41) is 5.94. The summed E-state index contributed by atoms with van der Waals surface area (Å²) in [6.07, 6.45) is 5.48. The van der Waals surface area contributed by atoms with Crippen LogP contribution in [-0.2, 0) is 26.8 Å². The molecule has 1 spiro atoms. The molecule has 9 nitrogen and oxygen atoms in total. The number of benzene rings is 4. The van der Waals surface area contributed by atoms with E-state index in [-0.39, 0.29) is 21.1 Å². The van der Waals surface area contributed by atoms with Crippen LogP contribution in [0.5, 0.6) is 0 Å². The van der Waals surface area contributed by atoms with Crippen molar-refractivity contribution < 1.29 is 35.0 Å².